The Morgan fingerprint density at radius 1 is 1.55 bits per heavy atom. The summed E-state index contributed by atoms with van der Waals surface area (Å²) >= 11 is 0. The first kappa shape index (κ1) is 8.37. The van der Waals surface area contributed by atoms with Crippen molar-refractivity contribution in [1.29, 1.82) is 0 Å². The molecule has 1 amide bonds. The summed E-state index contributed by atoms with van der Waals surface area (Å²) in [5.74, 6) is 0. The van der Waals surface area contributed by atoms with Crippen molar-refractivity contribution in [3.05, 3.63) is 0 Å². The van der Waals surface area contributed by atoms with E-state index in [4.69, 9.17) is 4.74 Å². The molecule has 1 saturated heterocycles. The van der Waals surface area contributed by atoms with E-state index >= 15 is 0 Å². The van der Waals surface area contributed by atoms with Gasteiger partial charge in [-0.25, -0.2) is 4.79 Å². The van der Waals surface area contributed by atoms with Crippen molar-refractivity contribution in [2.75, 3.05) is 6.61 Å². The number of carbonyl (C=O) groups excluding carboxylic acids is 1. The molecule has 1 fully saturated rings. The second-order valence-electron chi connectivity index (χ2n) is 3.04. The van der Waals surface area contributed by atoms with Crippen LogP contribution >= 0.6 is 0 Å². The molecule has 0 spiro atoms. The van der Waals surface area contributed by atoms with Crippen molar-refractivity contribution in [3.8, 4) is 0 Å². The van der Waals surface area contributed by atoms with Crippen LogP contribution < -0.4 is 0 Å². The predicted octanol–water partition coefficient (Wildman–Crippen LogP) is 1.63. The summed E-state index contributed by atoms with van der Waals surface area (Å²) in [5, 5.41) is 0. The van der Waals surface area contributed by atoms with Gasteiger partial charge in [-0.1, -0.05) is 0 Å². The summed E-state index contributed by atoms with van der Waals surface area (Å²) in [6.07, 6.45) is 0.928. The maximum Gasteiger partial charge on any atom is 0.410 e. The third kappa shape index (κ3) is 1.47. The van der Waals surface area contributed by atoms with Crippen LogP contribution in [0.4, 0.5) is 4.79 Å². The summed E-state index contributed by atoms with van der Waals surface area (Å²) in [5.41, 5.74) is 0. The minimum absolute atomic E-state index is 0.168. The standard InChI is InChI=1S/C8H15NO2/c1-4-11-8(10)9-6(2)5-7(9)3/h6-7H,4-5H2,1-3H3. The van der Waals surface area contributed by atoms with Gasteiger partial charge >= 0.3 is 6.09 Å². The van der Waals surface area contributed by atoms with Crippen LogP contribution in [0.5, 0.6) is 0 Å². The third-order valence-corrected chi connectivity index (χ3v) is 2.11. The number of carbonyl (C=O) groups is 1. The number of likely N-dealkylation sites (tertiary alicyclic amines) is 1. The van der Waals surface area contributed by atoms with Crippen LogP contribution in [0.25, 0.3) is 0 Å². The van der Waals surface area contributed by atoms with Gasteiger partial charge in [0.1, 0.15) is 0 Å². The zero-order chi connectivity index (χ0) is 8.43. The fraction of sp³-hybridized carbons (Fsp3) is 0.875. The average molecular weight is 157 g/mol. The first-order valence-corrected chi connectivity index (χ1v) is 4.12. The van der Waals surface area contributed by atoms with E-state index in [0.717, 1.165) is 6.42 Å². The molecule has 0 aromatic carbocycles. The van der Waals surface area contributed by atoms with Gasteiger partial charge in [-0.2, -0.15) is 0 Å². The van der Waals surface area contributed by atoms with Crippen molar-refractivity contribution >= 4 is 6.09 Å². The summed E-state index contributed by atoms with van der Waals surface area (Å²) in [4.78, 5) is 12.9. The van der Waals surface area contributed by atoms with Gasteiger partial charge in [0.2, 0.25) is 0 Å². The van der Waals surface area contributed by atoms with Gasteiger partial charge in [-0.05, 0) is 27.2 Å². The van der Waals surface area contributed by atoms with Gasteiger partial charge in [0.15, 0.2) is 0 Å². The lowest BCUT2D eigenvalue weighted by atomic mass is 9.97. The van der Waals surface area contributed by atoms with Crippen molar-refractivity contribution in [3.63, 3.8) is 0 Å². The summed E-state index contributed by atoms with van der Waals surface area (Å²) in [6.45, 7) is 6.37. The smallest absolute Gasteiger partial charge is 0.410 e. The monoisotopic (exact) mass is 157 g/mol. The van der Waals surface area contributed by atoms with Crippen molar-refractivity contribution in [2.45, 2.75) is 39.3 Å². The van der Waals surface area contributed by atoms with E-state index in [2.05, 4.69) is 0 Å². The Morgan fingerprint density at radius 2 is 2.09 bits per heavy atom. The zero-order valence-electron chi connectivity index (χ0n) is 7.33. The highest BCUT2D eigenvalue weighted by atomic mass is 16.6. The molecule has 2 atom stereocenters. The number of amides is 1. The van der Waals surface area contributed by atoms with Crippen LogP contribution in [0, 0.1) is 0 Å². The average Bonchev–Trinajstić information content (AvgIpc) is 1.87. The molecule has 0 saturated carbocycles. The Labute approximate surface area is 67.3 Å². The maximum absolute atomic E-state index is 11.1. The Bertz CT molecular complexity index is 150. The van der Waals surface area contributed by atoms with Crippen LogP contribution in [0.2, 0.25) is 0 Å². The second-order valence-corrected chi connectivity index (χ2v) is 3.04. The van der Waals surface area contributed by atoms with Crippen LogP contribution in [-0.2, 0) is 4.74 Å². The van der Waals surface area contributed by atoms with Gasteiger partial charge in [0.25, 0.3) is 0 Å². The number of nitrogens with zero attached hydrogens (tertiary/aromatic N) is 1. The highest BCUT2D eigenvalue weighted by molar-refractivity contribution is 5.69. The highest BCUT2D eigenvalue weighted by Crippen LogP contribution is 2.25. The van der Waals surface area contributed by atoms with E-state index in [-0.39, 0.29) is 6.09 Å². The molecule has 1 heterocycles. The molecule has 3 nitrogen and oxygen atoms in total. The van der Waals surface area contributed by atoms with Crippen LogP contribution in [0.15, 0.2) is 0 Å². The Balaban J connectivity index is 2.40. The Kier molecular flexibility index (Phi) is 2.37. The van der Waals surface area contributed by atoms with E-state index in [1.807, 2.05) is 20.8 Å². The lowest BCUT2D eigenvalue weighted by molar-refractivity contribution is 0.0223. The van der Waals surface area contributed by atoms with E-state index in [1.54, 1.807) is 4.90 Å². The van der Waals surface area contributed by atoms with Crippen molar-refractivity contribution in [1.82, 2.24) is 4.90 Å². The van der Waals surface area contributed by atoms with Crippen molar-refractivity contribution in [2.24, 2.45) is 0 Å². The summed E-state index contributed by atoms with van der Waals surface area (Å²) in [7, 11) is 0. The molecule has 64 valence electrons. The molecule has 0 bridgehead atoms. The molecule has 3 heteroatoms. The second kappa shape index (κ2) is 3.11. The van der Waals surface area contributed by atoms with Crippen LogP contribution in [0.3, 0.4) is 0 Å². The topological polar surface area (TPSA) is 29.5 Å². The SMILES string of the molecule is CCOC(=O)N1C(C)CC1C. The first-order chi connectivity index (χ1) is 5.16. The minimum Gasteiger partial charge on any atom is -0.450 e. The number of rotatable bonds is 1. The Morgan fingerprint density at radius 3 is 2.45 bits per heavy atom. The lowest BCUT2D eigenvalue weighted by Gasteiger charge is -2.44. The molecule has 2 unspecified atom stereocenters. The molecule has 0 aromatic heterocycles. The Hall–Kier alpha value is -0.730. The molecular formula is C8H15NO2. The van der Waals surface area contributed by atoms with Gasteiger partial charge in [0.05, 0.1) is 6.61 Å². The molecule has 1 aliphatic heterocycles. The van der Waals surface area contributed by atoms with Gasteiger partial charge in [0, 0.05) is 12.1 Å². The molecule has 0 aliphatic carbocycles. The van der Waals surface area contributed by atoms with E-state index in [0.29, 0.717) is 18.7 Å². The molecule has 0 aromatic rings. The molecular weight excluding hydrogens is 142 g/mol. The highest BCUT2D eigenvalue weighted by Gasteiger charge is 2.36. The molecule has 0 radical (unpaired) electrons. The van der Waals surface area contributed by atoms with E-state index in [9.17, 15) is 4.79 Å². The largest absolute Gasteiger partial charge is 0.450 e. The third-order valence-electron chi connectivity index (χ3n) is 2.11. The van der Waals surface area contributed by atoms with Crippen LogP contribution in [-0.4, -0.2) is 29.7 Å². The predicted molar refractivity (Wildman–Crippen MR) is 42.4 cm³/mol. The summed E-state index contributed by atoms with van der Waals surface area (Å²) < 4.78 is 4.87. The fourth-order valence-electron chi connectivity index (χ4n) is 1.58. The van der Waals surface area contributed by atoms with Gasteiger partial charge < -0.3 is 9.64 Å². The maximum atomic E-state index is 11.1. The molecule has 1 aliphatic rings. The number of ether oxygens (including phenoxy) is 1. The number of hydrogen-bond donors (Lipinski definition) is 0. The molecule has 0 N–H and O–H groups in total. The minimum atomic E-state index is -0.168. The van der Waals surface area contributed by atoms with Gasteiger partial charge in [-0.15, -0.1) is 0 Å². The van der Waals surface area contributed by atoms with E-state index < -0.39 is 0 Å². The van der Waals surface area contributed by atoms with Gasteiger partial charge in [-0.3, -0.25) is 0 Å². The quantitative estimate of drug-likeness (QED) is 0.579. The fourth-order valence-corrected chi connectivity index (χ4v) is 1.58. The lowest BCUT2D eigenvalue weighted by Crippen LogP contribution is -2.55. The first-order valence-electron chi connectivity index (χ1n) is 4.12. The van der Waals surface area contributed by atoms with E-state index in [1.165, 1.54) is 0 Å². The normalized spacial score (nSPS) is 29.5. The number of hydrogen-bond acceptors (Lipinski definition) is 2. The molecule has 1 rings (SSSR count). The van der Waals surface area contributed by atoms with Crippen molar-refractivity contribution < 1.29 is 9.53 Å². The zero-order valence-corrected chi connectivity index (χ0v) is 7.33. The summed E-state index contributed by atoms with van der Waals surface area (Å²) in [6, 6.07) is 0.730. The molecule has 11 heavy (non-hydrogen) atoms. The van der Waals surface area contributed by atoms with Crippen LogP contribution in [0.1, 0.15) is 27.2 Å².